The largest absolute Gasteiger partial charge is 0.486 e. The summed E-state index contributed by atoms with van der Waals surface area (Å²) in [7, 11) is 0. The van der Waals surface area contributed by atoms with Crippen molar-refractivity contribution < 1.29 is 54.9 Å². The molecule has 14 heteroatoms. The predicted molar refractivity (Wildman–Crippen MR) is 187 cm³/mol. The molecule has 0 aromatic heterocycles. The van der Waals surface area contributed by atoms with Crippen molar-refractivity contribution in [3.05, 3.63) is 144 Å². The van der Waals surface area contributed by atoms with E-state index in [1.807, 2.05) is 60.7 Å². The standard InChI is InChI=1S/C40H40F6N2O6/c41-39(42,43)29-17-21-31(22-18-29)51-33(27-9-3-1-4-10-27)13-7-15-35(47)53-37(49)25-26-38(50)54-36(48)16-8-14-34(28-11-5-2-6-12-28)52-32-23-19-30(20-24-32)40(44,45)46/h1-6,9-12,17-26,33-36H,7-8,13-16,47-48H2/b26-25+/t33-,34-,35?,36?/m1/s1. The predicted octanol–water partition coefficient (Wildman–Crippen LogP) is 9.22. The maximum atomic E-state index is 13.0. The average molecular weight is 759 g/mol. The number of nitrogens with two attached hydrogens (primary N) is 2. The van der Waals surface area contributed by atoms with Crippen LogP contribution in [0.25, 0.3) is 0 Å². The minimum Gasteiger partial charge on any atom is -0.486 e. The molecule has 0 fully saturated rings. The Kier molecular flexibility index (Phi) is 15.1. The van der Waals surface area contributed by atoms with E-state index < -0.39 is 60.1 Å². The van der Waals surface area contributed by atoms with Gasteiger partial charge in [0.05, 0.1) is 11.1 Å². The molecular weight excluding hydrogens is 718 g/mol. The van der Waals surface area contributed by atoms with Crippen LogP contribution in [0.5, 0.6) is 11.5 Å². The minimum atomic E-state index is -4.47. The quantitative estimate of drug-likeness (QED) is 0.0446. The van der Waals surface area contributed by atoms with Gasteiger partial charge in [-0.15, -0.1) is 0 Å². The lowest BCUT2D eigenvalue weighted by molar-refractivity contribution is -0.146. The van der Waals surface area contributed by atoms with Crippen LogP contribution >= 0.6 is 0 Å². The molecule has 0 aliphatic heterocycles. The molecule has 0 saturated heterocycles. The number of carbonyl (C=O) groups excluding carboxylic acids is 2. The van der Waals surface area contributed by atoms with E-state index in [0.29, 0.717) is 25.7 Å². The molecule has 4 N–H and O–H groups in total. The van der Waals surface area contributed by atoms with Gasteiger partial charge in [-0.3, -0.25) is 11.5 Å². The topological polar surface area (TPSA) is 123 Å². The van der Waals surface area contributed by atoms with Gasteiger partial charge in [-0.05, 0) is 98.2 Å². The molecule has 2 unspecified atom stereocenters. The summed E-state index contributed by atoms with van der Waals surface area (Å²) >= 11 is 0. The van der Waals surface area contributed by atoms with Gasteiger partial charge in [0.15, 0.2) is 12.5 Å². The normalized spacial score (nSPS) is 14.1. The number of benzene rings is 4. The van der Waals surface area contributed by atoms with Crippen LogP contribution in [0.3, 0.4) is 0 Å². The summed E-state index contributed by atoms with van der Waals surface area (Å²) in [5.74, 6) is -1.27. The smallest absolute Gasteiger partial charge is 0.416 e. The highest BCUT2D eigenvalue weighted by Crippen LogP contribution is 2.34. The second kappa shape index (κ2) is 19.7. The summed E-state index contributed by atoms with van der Waals surface area (Å²) in [5, 5.41) is 0. The van der Waals surface area contributed by atoms with Crippen LogP contribution in [0.1, 0.15) is 73.0 Å². The van der Waals surface area contributed by atoms with Gasteiger partial charge in [0.2, 0.25) is 0 Å². The Morgan fingerprint density at radius 1 is 0.519 bits per heavy atom. The number of halogens is 6. The highest BCUT2D eigenvalue weighted by molar-refractivity contribution is 5.91. The Hall–Kier alpha value is -5.34. The highest BCUT2D eigenvalue weighted by atomic mass is 19.4. The number of rotatable bonds is 18. The highest BCUT2D eigenvalue weighted by Gasteiger charge is 2.31. The van der Waals surface area contributed by atoms with Gasteiger partial charge in [0.1, 0.15) is 23.7 Å². The van der Waals surface area contributed by atoms with Crippen molar-refractivity contribution in [3.8, 4) is 11.5 Å². The minimum absolute atomic E-state index is 0.223. The average Bonchev–Trinajstić information content (AvgIpc) is 3.13. The van der Waals surface area contributed by atoms with E-state index in [4.69, 9.17) is 30.4 Å². The first-order valence-corrected chi connectivity index (χ1v) is 17.1. The maximum absolute atomic E-state index is 13.0. The summed E-state index contributed by atoms with van der Waals surface area (Å²) in [4.78, 5) is 24.6. The van der Waals surface area contributed by atoms with Crippen molar-refractivity contribution in [1.82, 2.24) is 0 Å². The van der Waals surface area contributed by atoms with Crippen molar-refractivity contribution in [3.63, 3.8) is 0 Å². The Bertz CT molecular complexity index is 1640. The van der Waals surface area contributed by atoms with Crippen LogP contribution < -0.4 is 20.9 Å². The lowest BCUT2D eigenvalue weighted by Gasteiger charge is -2.21. The second-order valence-electron chi connectivity index (χ2n) is 12.2. The first kappa shape index (κ1) is 41.4. The zero-order valence-corrected chi connectivity index (χ0v) is 29.0. The van der Waals surface area contributed by atoms with Gasteiger partial charge in [0.25, 0.3) is 0 Å². The fraction of sp³-hybridized carbons (Fsp3) is 0.300. The lowest BCUT2D eigenvalue weighted by atomic mass is 10.0. The Labute approximate surface area is 308 Å². The van der Waals surface area contributed by atoms with Gasteiger partial charge >= 0.3 is 24.3 Å². The van der Waals surface area contributed by atoms with E-state index in [2.05, 4.69) is 0 Å². The molecule has 0 amide bonds. The summed E-state index contributed by atoms with van der Waals surface area (Å²) in [6, 6.07) is 27.0. The number of esters is 2. The maximum Gasteiger partial charge on any atom is 0.416 e. The molecule has 0 saturated carbocycles. The molecule has 4 aromatic rings. The van der Waals surface area contributed by atoms with Gasteiger partial charge in [0, 0.05) is 12.2 Å². The van der Waals surface area contributed by atoms with Gasteiger partial charge < -0.3 is 18.9 Å². The van der Waals surface area contributed by atoms with Crippen molar-refractivity contribution in [1.29, 1.82) is 0 Å². The van der Waals surface area contributed by atoms with Gasteiger partial charge in [-0.2, -0.15) is 26.3 Å². The van der Waals surface area contributed by atoms with Crippen LogP contribution in [0.4, 0.5) is 26.3 Å². The molecule has 0 bridgehead atoms. The summed E-state index contributed by atoms with van der Waals surface area (Å²) in [6.45, 7) is 0. The monoisotopic (exact) mass is 758 g/mol. The Morgan fingerprint density at radius 3 is 1.17 bits per heavy atom. The number of carbonyl (C=O) groups is 2. The van der Waals surface area contributed by atoms with Crippen molar-refractivity contribution in [2.75, 3.05) is 0 Å². The van der Waals surface area contributed by atoms with Crippen LogP contribution in [0.2, 0.25) is 0 Å². The van der Waals surface area contributed by atoms with E-state index in [9.17, 15) is 35.9 Å². The molecule has 0 aliphatic carbocycles. The van der Waals surface area contributed by atoms with Crippen molar-refractivity contribution in [2.24, 2.45) is 11.5 Å². The second-order valence-corrected chi connectivity index (χ2v) is 12.2. The molecule has 8 nitrogen and oxygen atoms in total. The third-order valence-electron chi connectivity index (χ3n) is 8.06. The zero-order chi connectivity index (χ0) is 39.1. The first-order chi connectivity index (χ1) is 25.7. The van der Waals surface area contributed by atoms with Crippen molar-refractivity contribution >= 4 is 11.9 Å². The molecule has 0 heterocycles. The Balaban J connectivity index is 1.19. The van der Waals surface area contributed by atoms with E-state index in [0.717, 1.165) is 47.5 Å². The molecule has 0 spiro atoms. The molecule has 0 radical (unpaired) electrons. The van der Waals surface area contributed by atoms with Crippen LogP contribution in [0.15, 0.2) is 121 Å². The molecule has 4 rings (SSSR count). The van der Waals surface area contributed by atoms with Crippen molar-refractivity contribution in [2.45, 2.75) is 75.5 Å². The molecular formula is C40H40F6N2O6. The SMILES string of the molecule is NC(CCC[C@@H](Oc1ccc(C(F)(F)F)cc1)c1ccccc1)OC(=O)/C=C/C(=O)OC(N)CCC[C@@H](Oc1ccc(C(F)(F)F)cc1)c1ccccc1. The van der Waals surface area contributed by atoms with Gasteiger partial charge in [-0.25, -0.2) is 9.59 Å². The van der Waals surface area contributed by atoms with Crippen LogP contribution in [0, 0.1) is 0 Å². The van der Waals surface area contributed by atoms with E-state index >= 15 is 0 Å². The van der Waals surface area contributed by atoms with E-state index in [1.54, 1.807) is 0 Å². The fourth-order valence-electron chi connectivity index (χ4n) is 5.34. The number of ether oxygens (including phenoxy) is 4. The Morgan fingerprint density at radius 2 is 0.852 bits per heavy atom. The molecule has 0 aliphatic rings. The van der Waals surface area contributed by atoms with E-state index in [1.165, 1.54) is 24.3 Å². The van der Waals surface area contributed by atoms with Crippen LogP contribution in [-0.4, -0.2) is 24.4 Å². The molecule has 4 atom stereocenters. The molecule has 288 valence electrons. The fourth-order valence-corrected chi connectivity index (χ4v) is 5.34. The zero-order valence-electron chi connectivity index (χ0n) is 29.0. The molecule has 54 heavy (non-hydrogen) atoms. The number of alkyl halides is 6. The van der Waals surface area contributed by atoms with Crippen LogP contribution in [-0.2, 0) is 31.4 Å². The summed E-state index contributed by atoms with van der Waals surface area (Å²) in [5.41, 5.74) is 12.0. The number of hydrogen-bond acceptors (Lipinski definition) is 8. The lowest BCUT2D eigenvalue weighted by Crippen LogP contribution is -2.27. The summed E-state index contributed by atoms with van der Waals surface area (Å²) in [6.07, 6.45) is -8.18. The molecule has 4 aromatic carbocycles. The van der Waals surface area contributed by atoms with E-state index in [-0.39, 0.29) is 24.3 Å². The summed E-state index contributed by atoms with van der Waals surface area (Å²) < 4.78 is 100. The third-order valence-corrected chi connectivity index (χ3v) is 8.06. The third kappa shape index (κ3) is 13.9. The first-order valence-electron chi connectivity index (χ1n) is 17.1. The number of hydrogen-bond donors (Lipinski definition) is 2. The van der Waals surface area contributed by atoms with Gasteiger partial charge in [-0.1, -0.05) is 60.7 Å².